The summed E-state index contributed by atoms with van der Waals surface area (Å²) in [5.41, 5.74) is 0. The normalized spacial score (nSPS) is 34.1. The molecule has 0 heterocycles. The van der Waals surface area contributed by atoms with Crippen LogP contribution in [0.5, 0.6) is 0 Å². The second-order valence-electron chi connectivity index (χ2n) is 7.01. The van der Waals surface area contributed by atoms with Gasteiger partial charge in [-0.3, -0.25) is 0 Å². The molecule has 17 heavy (non-hydrogen) atoms. The van der Waals surface area contributed by atoms with E-state index in [0.717, 1.165) is 23.7 Å². The Labute approximate surface area is 110 Å². The Balaban J connectivity index is 2.41. The van der Waals surface area contributed by atoms with Gasteiger partial charge in [-0.05, 0) is 30.1 Å². The first kappa shape index (κ1) is 15.1. The van der Waals surface area contributed by atoms with Crippen molar-refractivity contribution in [3.8, 4) is 0 Å². The van der Waals surface area contributed by atoms with E-state index in [1.54, 1.807) is 0 Å². The van der Waals surface area contributed by atoms with E-state index in [2.05, 4.69) is 27.7 Å². The van der Waals surface area contributed by atoms with Crippen LogP contribution in [0.2, 0.25) is 0 Å². The molecule has 0 amide bonds. The zero-order valence-electron chi connectivity index (χ0n) is 12.7. The van der Waals surface area contributed by atoms with Gasteiger partial charge in [0.2, 0.25) is 0 Å². The monoisotopic (exact) mass is 238 g/mol. The molecule has 0 bridgehead atoms. The summed E-state index contributed by atoms with van der Waals surface area (Å²) in [6.45, 7) is 9.76. The van der Waals surface area contributed by atoms with Gasteiger partial charge in [-0.1, -0.05) is 79.1 Å². The van der Waals surface area contributed by atoms with Gasteiger partial charge >= 0.3 is 0 Å². The molecule has 1 rings (SSSR count). The van der Waals surface area contributed by atoms with Crippen molar-refractivity contribution in [2.24, 2.45) is 23.7 Å². The van der Waals surface area contributed by atoms with Gasteiger partial charge in [0, 0.05) is 0 Å². The van der Waals surface area contributed by atoms with Crippen LogP contribution in [0.3, 0.4) is 0 Å². The summed E-state index contributed by atoms with van der Waals surface area (Å²) < 4.78 is 0. The lowest BCUT2D eigenvalue weighted by Crippen LogP contribution is -2.12. The Kier molecular flexibility index (Phi) is 7.23. The average molecular weight is 238 g/mol. The minimum Gasteiger partial charge on any atom is -0.0625 e. The molecule has 0 N–H and O–H groups in total. The van der Waals surface area contributed by atoms with E-state index in [0.29, 0.717) is 0 Å². The zero-order valence-corrected chi connectivity index (χ0v) is 12.7. The van der Waals surface area contributed by atoms with Crippen molar-refractivity contribution >= 4 is 0 Å². The van der Waals surface area contributed by atoms with Gasteiger partial charge in [0.05, 0.1) is 0 Å². The van der Waals surface area contributed by atoms with Gasteiger partial charge in [-0.15, -0.1) is 0 Å². The van der Waals surface area contributed by atoms with Gasteiger partial charge < -0.3 is 0 Å². The fraction of sp³-hybridized carbons (Fsp3) is 1.00. The van der Waals surface area contributed by atoms with Gasteiger partial charge in [0.25, 0.3) is 0 Å². The molecule has 0 aliphatic heterocycles. The lowest BCUT2D eigenvalue weighted by molar-refractivity contribution is 0.278. The van der Waals surface area contributed by atoms with E-state index in [1.807, 2.05) is 0 Å². The number of hydrogen-bond acceptors (Lipinski definition) is 0. The summed E-state index contributed by atoms with van der Waals surface area (Å²) in [6.07, 6.45) is 13.3. The SMILES string of the molecule is CC1CCCCCC(C(C)C)CCC(C)CC1. The molecule has 0 saturated heterocycles. The summed E-state index contributed by atoms with van der Waals surface area (Å²) in [5.74, 6) is 3.81. The lowest BCUT2D eigenvalue weighted by Gasteiger charge is -2.24. The highest BCUT2D eigenvalue weighted by molar-refractivity contribution is 4.68. The predicted octanol–water partition coefficient (Wildman–Crippen LogP) is 6.06. The highest BCUT2D eigenvalue weighted by atomic mass is 14.2. The van der Waals surface area contributed by atoms with Crippen LogP contribution in [-0.4, -0.2) is 0 Å². The number of rotatable bonds is 1. The van der Waals surface area contributed by atoms with E-state index < -0.39 is 0 Å². The molecule has 1 fully saturated rings. The first-order valence-electron chi connectivity index (χ1n) is 8.09. The summed E-state index contributed by atoms with van der Waals surface area (Å²) in [6, 6.07) is 0. The van der Waals surface area contributed by atoms with Gasteiger partial charge in [0.1, 0.15) is 0 Å². The molecule has 1 aliphatic rings. The second kappa shape index (κ2) is 8.16. The van der Waals surface area contributed by atoms with Crippen LogP contribution in [0.25, 0.3) is 0 Å². The topological polar surface area (TPSA) is 0 Å². The molecule has 0 aromatic heterocycles. The molecule has 3 unspecified atom stereocenters. The molecule has 0 spiro atoms. The van der Waals surface area contributed by atoms with E-state index in [4.69, 9.17) is 0 Å². The van der Waals surface area contributed by atoms with Crippen molar-refractivity contribution in [2.45, 2.75) is 85.5 Å². The molecule has 0 aromatic rings. The van der Waals surface area contributed by atoms with Crippen molar-refractivity contribution in [2.75, 3.05) is 0 Å². The third kappa shape index (κ3) is 6.48. The van der Waals surface area contributed by atoms with Crippen LogP contribution < -0.4 is 0 Å². The first-order chi connectivity index (χ1) is 8.09. The maximum Gasteiger partial charge on any atom is -0.0391 e. The van der Waals surface area contributed by atoms with Crippen LogP contribution in [-0.2, 0) is 0 Å². The molecule has 1 aliphatic carbocycles. The molecule has 0 radical (unpaired) electrons. The van der Waals surface area contributed by atoms with Crippen LogP contribution in [0, 0.1) is 23.7 Å². The fourth-order valence-electron chi connectivity index (χ4n) is 3.24. The van der Waals surface area contributed by atoms with E-state index in [1.165, 1.54) is 57.8 Å². The van der Waals surface area contributed by atoms with E-state index >= 15 is 0 Å². The molecule has 0 nitrogen and oxygen atoms in total. The third-order valence-electron chi connectivity index (χ3n) is 4.90. The number of hydrogen-bond donors (Lipinski definition) is 0. The zero-order chi connectivity index (χ0) is 12.7. The Hall–Kier alpha value is 0. The minimum atomic E-state index is 0.893. The largest absolute Gasteiger partial charge is 0.0625 e. The molecule has 1 saturated carbocycles. The molecule has 3 atom stereocenters. The second-order valence-corrected chi connectivity index (χ2v) is 7.01. The fourth-order valence-corrected chi connectivity index (χ4v) is 3.24. The van der Waals surface area contributed by atoms with Gasteiger partial charge in [-0.25, -0.2) is 0 Å². The summed E-state index contributed by atoms with van der Waals surface area (Å²) in [7, 11) is 0. The molecule has 0 aromatic carbocycles. The standard InChI is InChI=1S/C17H34/c1-14(2)17-9-7-5-6-8-15(3)10-11-16(4)12-13-17/h14-17H,5-13H2,1-4H3. The Morgan fingerprint density at radius 1 is 0.647 bits per heavy atom. The summed E-state index contributed by atoms with van der Waals surface area (Å²) >= 11 is 0. The Bertz CT molecular complexity index is 182. The van der Waals surface area contributed by atoms with Gasteiger partial charge in [-0.2, -0.15) is 0 Å². The van der Waals surface area contributed by atoms with E-state index in [9.17, 15) is 0 Å². The minimum absolute atomic E-state index is 0.893. The molecule has 0 heteroatoms. The molecular weight excluding hydrogens is 204 g/mol. The molecule has 102 valence electrons. The average Bonchev–Trinajstić information content (AvgIpc) is 2.27. The molecular formula is C17H34. The van der Waals surface area contributed by atoms with Crippen molar-refractivity contribution < 1.29 is 0 Å². The Morgan fingerprint density at radius 3 is 1.82 bits per heavy atom. The highest BCUT2D eigenvalue weighted by Gasteiger charge is 2.16. The van der Waals surface area contributed by atoms with Crippen molar-refractivity contribution in [3.63, 3.8) is 0 Å². The van der Waals surface area contributed by atoms with Gasteiger partial charge in [0.15, 0.2) is 0 Å². The van der Waals surface area contributed by atoms with Crippen molar-refractivity contribution in [1.29, 1.82) is 0 Å². The van der Waals surface area contributed by atoms with E-state index in [-0.39, 0.29) is 0 Å². The maximum atomic E-state index is 2.47. The smallest absolute Gasteiger partial charge is 0.0391 e. The lowest BCUT2D eigenvalue weighted by atomic mass is 9.82. The quantitative estimate of drug-likeness (QED) is 0.521. The predicted molar refractivity (Wildman–Crippen MR) is 78.2 cm³/mol. The summed E-state index contributed by atoms with van der Waals surface area (Å²) in [5, 5.41) is 0. The summed E-state index contributed by atoms with van der Waals surface area (Å²) in [4.78, 5) is 0. The van der Waals surface area contributed by atoms with Crippen molar-refractivity contribution in [1.82, 2.24) is 0 Å². The Morgan fingerprint density at radius 2 is 1.18 bits per heavy atom. The maximum absolute atomic E-state index is 2.47. The van der Waals surface area contributed by atoms with Crippen LogP contribution in [0.4, 0.5) is 0 Å². The third-order valence-corrected chi connectivity index (χ3v) is 4.90. The van der Waals surface area contributed by atoms with Crippen LogP contribution in [0.1, 0.15) is 85.5 Å². The highest BCUT2D eigenvalue weighted by Crippen LogP contribution is 2.29. The first-order valence-corrected chi connectivity index (χ1v) is 8.09. The van der Waals surface area contributed by atoms with Crippen LogP contribution in [0.15, 0.2) is 0 Å². The van der Waals surface area contributed by atoms with Crippen LogP contribution >= 0.6 is 0 Å². The van der Waals surface area contributed by atoms with Crippen molar-refractivity contribution in [3.05, 3.63) is 0 Å².